The molecule has 1 saturated heterocycles. The third-order valence-electron chi connectivity index (χ3n) is 4.39. The molecule has 0 N–H and O–H groups in total. The predicted molar refractivity (Wildman–Crippen MR) is 87.6 cm³/mol. The molecule has 0 radical (unpaired) electrons. The fourth-order valence-corrected chi connectivity index (χ4v) is 3.19. The number of imidazole rings is 1. The smallest absolute Gasteiger partial charge is 0.255 e. The van der Waals surface area contributed by atoms with E-state index in [0.717, 1.165) is 30.8 Å². The lowest BCUT2D eigenvalue weighted by atomic mass is 10.1. The summed E-state index contributed by atoms with van der Waals surface area (Å²) in [4.78, 5) is 23.2. The van der Waals surface area contributed by atoms with Crippen LogP contribution in [0.1, 0.15) is 34.8 Å². The molecule has 0 saturated carbocycles. The first kappa shape index (κ1) is 14.6. The van der Waals surface area contributed by atoms with E-state index in [0.29, 0.717) is 5.56 Å². The quantitative estimate of drug-likeness (QED) is 0.739. The minimum absolute atomic E-state index is 0.0195. The van der Waals surface area contributed by atoms with Crippen LogP contribution >= 0.6 is 0 Å². The number of aromatic nitrogens is 5. The number of nitrogens with zero attached hydrogens (tertiary/aromatic N) is 6. The number of carbonyl (C=O) groups excluding carboxylic acids is 1. The molecule has 1 atom stereocenters. The van der Waals surface area contributed by atoms with Crippen LogP contribution in [0.15, 0.2) is 49.4 Å². The number of amides is 1. The van der Waals surface area contributed by atoms with Crippen LogP contribution in [0.4, 0.5) is 0 Å². The molecule has 3 aromatic rings. The average molecular weight is 322 g/mol. The fourth-order valence-electron chi connectivity index (χ4n) is 3.19. The zero-order valence-corrected chi connectivity index (χ0v) is 13.4. The van der Waals surface area contributed by atoms with E-state index in [1.165, 1.54) is 0 Å². The van der Waals surface area contributed by atoms with E-state index in [2.05, 4.69) is 15.1 Å². The molecule has 4 rings (SSSR count). The molecule has 3 aromatic heterocycles. The van der Waals surface area contributed by atoms with Crippen LogP contribution in [-0.4, -0.2) is 41.7 Å². The molecule has 0 aromatic carbocycles. The Morgan fingerprint density at radius 2 is 2.21 bits per heavy atom. The van der Waals surface area contributed by atoms with Crippen molar-refractivity contribution in [3.63, 3.8) is 0 Å². The van der Waals surface area contributed by atoms with Gasteiger partial charge in [0.05, 0.1) is 17.8 Å². The highest BCUT2D eigenvalue weighted by Crippen LogP contribution is 2.32. The van der Waals surface area contributed by atoms with E-state index in [-0.39, 0.29) is 11.9 Å². The normalized spacial score (nSPS) is 17.4. The summed E-state index contributed by atoms with van der Waals surface area (Å²) in [6.45, 7) is 0.766. The van der Waals surface area contributed by atoms with Gasteiger partial charge in [0.2, 0.25) is 0 Å². The van der Waals surface area contributed by atoms with Gasteiger partial charge in [0.25, 0.3) is 5.91 Å². The zero-order valence-electron chi connectivity index (χ0n) is 13.4. The maximum absolute atomic E-state index is 12.9. The second-order valence-electron chi connectivity index (χ2n) is 5.98. The lowest BCUT2D eigenvalue weighted by Crippen LogP contribution is -2.30. The lowest BCUT2D eigenvalue weighted by molar-refractivity contribution is 0.0735. The van der Waals surface area contributed by atoms with E-state index in [1.54, 1.807) is 23.4 Å². The van der Waals surface area contributed by atoms with Crippen molar-refractivity contribution in [2.75, 3.05) is 6.54 Å². The van der Waals surface area contributed by atoms with E-state index in [9.17, 15) is 4.79 Å². The summed E-state index contributed by atoms with van der Waals surface area (Å²) in [5.74, 6) is 0.764. The van der Waals surface area contributed by atoms with E-state index in [1.807, 2.05) is 47.2 Å². The highest BCUT2D eigenvalue weighted by molar-refractivity contribution is 5.94. The van der Waals surface area contributed by atoms with Crippen molar-refractivity contribution in [3.05, 3.63) is 60.6 Å². The number of carbonyl (C=O) groups is 1. The van der Waals surface area contributed by atoms with Gasteiger partial charge in [-0.3, -0.25) is 14.0 Å². The average Bonchev–Trinajstić information content (AvgIpc) is 3.35. The van der Waals surface area contributed by atoms with Crippen LogP contribution in [-0.2, 0) is 7.05 Å². The van der Waals surface area contributed by atoms with E-state index in [4.69, 9.17) is 0 Å². The van der Waals surface area contributed by atoms with Crippen LogP contribution in [0.2, 0.25) is 0 Å². The maximum atomic E-state index is 12.9. The van der Waals surface area contributed by atoms with Gasteiger partial charge in [-0.05, 0) is 25.0 Å². The molecule has 7 nitrogen and oxygen atoms in total. The Bertz CT molecular complexity index is 836. The Labute approximate surface area is 139 Å². The first-order chi connectivity index (χ1) is 11.7. The largest absolute Gasteiger partial charge is 0.331 e. The molecule has 1 aliphatic heterocycles. The Morgan fingerprint density at radius 1 is 1.29 bits per heavy atom. The Balaban J connectivity index is 1.56. The van der Waals surface area contributed by atoms with E-state index < -0.39 is 0 Å². The zero-order chi connectivity index (χ0) is 16.5. The molecule has 7 heteroatoms. The number of hydrogen-bond donors (Lipinski definition) is 0. The topological polar surface area (TPSA) is 68.8 Å². The van der Waals surface area contributed by atoms with Crippen molar-refractivity contribution in [1.29, 1.82) is 0 Å². The molecule has 1 amide bonds. The van der Waals surface area contributed by atoms with Crippen LogP contribution in [0.5, 0.6) is 0 Å². The molecule has 0 aliphatic carbocycles. The standard InChI is InChI=1S/C17H18N6O/c1-21-11-14(10-20-21)15-3-2-7-23(15)17(24)13-4-5-16(19-9-13)22-8-6-18-12-22/h4-6,8-12,15H,2-3,7H2,1H3. The molecular formula is C17H18N6O. The molecule has 1 unspecified atom stereocenters. The molecule has 4 heterocycles. The maximum Gasteiger partial charge on any atom is 0.255 e. The summed E-state index contributed by atoms with van der Waals surface area (Å²) in [6, 6.07) is 3.76. The first-order valence-electron chi connectivity index (χ1n) is 7.96. The molecule has 1 fully saturated rings. The second kappa shape index (κ2) is 5.92. The molecule has 0 spiro atoms. The van der Waals surface area contributed by atoms with Gasteiger partial charge in [-0.2, -0.15) is 5.10 Å². The van der Waals surface area contributed by atoms with Crippen LogP contribution in [0, 0.1) is 0 Å². The number of rotatable bonds is 3. The molecular weight excluding hydrogens is 304 g/mol. The minimum Gasteiger partial charge on any atom is -0.331 e. The highest BCUT2D eigenvalue weighted by atomic mass is 16.2. The fraction of sp³-hybridized carbons (Fsp3) is 0.294. The summed E-state index contributed by atoms with van der Waals surface area (Å²) >= 11 is 0. The third kappa shape index (κ3) is 2.58. The number of likely N-dealkylation sites (tertiary alicyclic amines) is 1. The van der Waals surface area contributed by atoms with Crippen molar-refractivity contribution in [1.82, 2.24) is 29.2 Å². The number of aryl methyl sites for hydroxylation is 1. The lowest BCUT2D eigenvalue weighted by Gasteiger charge is -2.24. The molecule has 122 valence electrons. The monoisotopic (exact) mass is 322 g/mol. The van der Waals surface area contributed by atoms with Crippen LogP contribution in [0.3, 0.4) is 0 Å². The molecule has 0 bridgehead atoms. The number of pyridine rings is 1. The third-order valence-corrected chi connectivity index (χ3v) is 4.39. The van der Waals surface area contributed by atoms with Gasteiger partial charge in [-0.1, -0.05) is 0 Å². The van der Waals surface area contributed by atoms with E-state index >= 15 is 0 Å². The summed E-state index contributed by atoms with van der Waals surface area (Å²) < 4.78 is 3.58. The van der Waals surface area contributed by atoms with Crippen molar-refractivity contribution in [3.8, 4) is 5.82 Å². The van der Waals surface area contributed by atoms with Crippen molar-refractivity contribution >= 4 is 5.91 Å². The van der Waals surface area contributed by atoms with Crippen molar-refractivity contribution in [2.45, 2.75) is 18.9 Å². The minimum atomic E-state index is 0.0195. The van der Waals surface area contributed by atoms with Crippen LogP contribution in [0.25, 0.3) is 5.82 Å². The summed E-state index contributed by atoms with van der Waals surface area (Å²) in [6.07, 6.45) is 12.6. The Hall–Kier alpha value is -2.96. The van der Waals surface area contributed by atoms with Crippen molar-refractivity contribution < 1.29 is 4.79 Å². The Morgan fingerprint density at radius 3 is 2.88 bits per heavy atom. The first-order valence-corrected chi connectivity index (χ1v) is 7.96. The molecule has 24 heavy (non-hydrogen) atoms. The van der Waals surface area contributed by atoms with Gasteiger partial charge in [0.15, 0.2) is 0 Å². The summed E-state index contributed by atoms with van der Waals surface area (Å²) in [5, 5.41) is 4.23. The van der Waals surface area contributed by atoms with Gasteiger partial charge >= 0.3 is 0 Å². The SMILES string of the molecule is Cn1cc(C2CCCN2C(=O)c2ccc(-n3ccnc3)nc2)cn1. The van der Waals surface area contributed by atoms with Gasteiger partial charge in [0.1, 0.15) is 12.1 Å². The summed E-state index contributed by atoms with van der Waals surface area (Å²) in [7, 11) is 1.89. The van der Waals surface area contributed by atoms with Gasteiger partial charge in [-0.15, -0.1) is 0 Å². The van der Waals surface area contributed by atoms with Gasteiger partial charge in [-0.25, -0.2) is 9.97 Å². The van der Waals surface area contributed by atoms with Gasteiger partial charge in [0, 0.05) is 43.9 Å². The molecule has 1 aliphatic rings. The Kier molecular flexibility index (Phi) is 3.60. The number of hydrogen-bond acceptors (Lipinski definition) is 4. The van der Waals surface area contributed by atoms with Crippen molar-refractivity contribution in [2.24, 2.45) is 7.05 Å². The predicted octanol–water partition coefficient (Wildman–Crippen LogP) is 1.98. The van der Waals surface area contributed by atoms with Gasteiger partial charge < -0.3 is 4.90 Å². The second-order valence-corrected chi connectivity index (χ2v) is 5.98. The summed E-state index contributed by atoms with van der Waals surface area (Å²) in [5.41, 5.74) is 1.70. The highest BCUT2D eigenvalue weighted by Gasteiger charge is 2.31. The van der Waals surface area contributed by atoms with Crippen LogP contribution < -0.4 is 0 Å².